The summed E-state index contributed by atoms with van der Waals surface area (Å²) in [5, 5.41) is 0. The van der Waals surface area contributed by atoms with E-state index < -0.39 is 0 Å². The van der Waals surface area contributed by atoms with Gasteiger partial charge in [0.05, 0.1) is 11.7 Å². The smallest absolute Gasteiger partial charge is 0.162 e. The van der Waals surface area contributed by atoms with Gasteiger partial charge in [0.1, 0.15) is 0 Å². The van der Waals surface area contributed by atoms with Gasteiger partial charge in [0.25, 0.3) is 0 Å². The van der Waals surface area contributed by atoms with Gasteiger partial charge in [-0.1, -0.05) is 25.5 Å². The molecule has 0 spiro atoms. The predicted octanol–water partition coefficient (Wildman–Crippen LogP) is 4.15. The molecule has 0 unspecified atom stereocenters. The Kier molecular flexibility index (Phi) is 3.89. The molecule has 1 fully saturated rings. The summed E-state index contributed by atoms with van der Waals surface area (Å²) >= 11 is 0. The second-order valence-corrected chi connectivity index (χ2v) is 7.03. The van der Waals surface area contributed by atoms with Crippen molar-refractivity contribution in [2.45, 2.75) is 72.4 Å². The van der Waals surface area contributed by atoms with Crippen molar-refractivity contribution in [1.82, 2.24) is 0 Å². The van der Waals surface area contributed by atoms with Crippen molar-refractivity contribution in [3.05, 3.63) is 11.6 Å². The normalized spacial score (nSPS) is 44.6. The van der Waals surface area contributed by atoms with E-state index in [1.54, 1.807) is 0 Å². The van der Waals surface area contributed by atoms with Crippen LogP contribution in [0.2, 0.25) is 0 Å². The minimum Gasteiger partial charge on any atom is -0.349 e. The molecule has 2 nitrogen and oxygen atoms in total. The molecule has 1 heterocycles. The van der Waals surface area contributed by atoms with Gasteiger partial charge in [-0.2, -0.15) is 0 Å². The zero-order valence-corrected chi connectivity index (χ0v) is 12.7. The predicted molar refractivity (Wildman–Crippen MR) is 74.3 cm³/mol. The Morgan fingerprint density at radius 1 is 1.22 bits per heavy atom. The second-order valence-electron chi connectivity index (χ2n) is 7.03. The third-order valence-electron chi connectivity index (χ3n) is 4.35. The van der Waals surface area contributed by atoms with Gasteiger partial charge < -0.3 is 9.47 Å². The third-order valence-corrected chi connectivity index (χ3v) is 4.35. The monoisotopic (exact) mass is 252 g/mol. The molecule has 2 rings (SSSR count). The first-order valence-corrected chi connectivity index (χ1v) is 7.29. The molecule has 0 saturated carbocycles. The lowest BCUT2D eigenvalue weighted by molar-refractivity contribution is -0.296. The summed E-state index contributed by atoms with van der Waals surface area (Å²) < 4.78 is 12.3. The van der Waals surface area contributed by atoms with Crippen LogP contribution in [-0.2, 0) is 9.47 Å². The first kappa shape index (κ1) is 14.1. The Bertz CT molecular complexity index is 332. The summed E-state index contributed by atoms with van der Waals surface area (Å²) in [6.45, 7) is 13.4. The zero-order valence-electron chi connectivity index (χ0n) is 12.7. The lowest BCUT2D eigenvalue weighted by Crippen LogP contribution is -2.49. The lowest BCUT2D eigenvalue weighted by Gasteiger charge is -2.46. The molecule has 0 N–H and O–H groups in total. The number of hydrogen-bond acceptors (Lipinski definition) is 2. The van der Waals surface area contributed by atoms with E-state index >= 15 is 0 Å². The Morgan fingerprint density at radius 3 is 2.44 bits per heavy atom. The van der Waals surface area contributed by atoms with Gasteiger partial charge in [0, 0.05) is 12.3 Å². The maximum Gasteiger partial charge on any atom is 0.162 e. The molecule has 1 saturated heterocycles. The first-order chi connectivity index (χ1) is 8.28. The van der Waals surface area contributed by atoms with E-state index in [2.05, 4.69) is 47.6 Å². The largest absolute Gasteiger partial charge is 0.349 e. The van der Waals surface area contributed by atoms with Crippen molar-refractivity contribution in [2.75, 3.05) is 0 Å². The van der Waals surface area contributed by atoms with Gasteiger partial charge >= 0.3 is 0 Å². The third kappa shape index (κ3) is 2.97. The van der Waals surface area contributed by atoms with Crippen LogP contribution in [-0.4, -0.2) is 18.0 Å². The molecule has 0 radical (unpaired) electrons. The SMILES string of the molecule is CC1=C[C@H](C)[C@H]([C@@H]2O[C@H](C)CC(C)(C)O2)[C@@H](C)C1. The van der Waals surface area contributed by atoms with E-state index in [1.807, 2.05) is 0 Å². The summed E-state index contributed by atoms with van der Waals surface area (Å²) in [7, 11) is 0. The van der Waals surface area contributed by atoms with Crippen LogP contribution in [0.3, 0.4) is 0 Å². The van der Waals surface area contributed by atoms with E-state index in [-0.39, 0.29) is 11.9 Å². The van der Waals surface area contributed by atoms with Crippen LogP contribution in [0.25, 0.3) is 0 Å². The lowest BCUT2D eigenvalue weighted by atomic mass is 9.74. The molecule has 0 aromatic carbocycles. The van der Waals surface area contributed by atoms with Crippen molar-refractivity contribution < 1.29 is 9.47 Å². The number of hydrogen-bond donors (Lipinski definition) is 0. The molecule has 0 bridgehead atoms. The van der Waals surface area contributed by atoms with Crippen molar-refractivity contribution in [3.63, 3.8) is 0 Å². The molecule has 2 heteroatoms. The van der Waals surface area contributed by atoms with Crippen LogP contribution in [0.1, 0.15) is 54.4 Å². The van der Waals surface area contributed by atoms with Gasteiger partial charge in [0.15, 0.2) is 6.29 Å². The summed E-state index contributed by atoms with van der Waals surface area (Å²) in [5.41, 5.74) is 1.45. The summed E-state index contributed by atoms with van der Waals surface area (Å²) in [6.07, 6.45) is 4.80. The van der Waals surface area contributed by atoms with E-state index in [1.165, 1.54) is 12.0 Å². The minimum atomic E-state index is -0.0576. The molecule has 2 aliphatic rings. The Morgan fingerprint density at radius 2 is 1.89 bits per heavy atom. The van der Waals surface area contributed by atoms with Crippen molar-refractivity contribution in [1.29, 1.82) is 0 Å². The number of rotatable bonds is 1. The molecule has 1 aliphatic carbocycles. The quantitative estimate of drug-likeness (QED) is 0.653. The van der Waals surface area contributed by atoms with Crippen LogP contribution in [0.15, 0.2) is 11.6 Å². The van der Waals surface area contributed by atoms with Gasteiger partial charge in [-0.3, -0.25) is 0 Å². The molecule has 0 amide bonds. The topological polar surface area (TPSA) is 18.5 Å². The molecule has 0 aromatic heterocycles. The number of ether oxygens (including phenoxy) is 2. The van der Waals surface area contributed by atoms with E-state index in [0.717, 1.165) is 6.42 Å². The molecule has 18 heavy (non-hydrogen) atoms. The van der Waals surface area contributed by atoms with Crippen LogP contribution in [0.4, 0.5) is 0 Å². The van der Waals surface area contributed by atoms with Gasteiger partial charge in [-0.25, -0.2) is 0 Å². The molecule has 104 valence electrons. The number of allylic oxidation sites excluding steroid dienone is 2. The summed E-state index contributed by atoms with van der Waals surface area (Å²) in [6, 6.07) is 0. The van der Waals surface area contributed by atoms with Crippen molar-refractivity contribution in [2.24, 2.45) is 17.8 Å². The van der Waals surface area contributed by atoms with Crippen LogP contribution in [0, 0.1) is 17.8 Å². The fraction of sp³-hybridized carbons (Fsp3) is 0.875. The molecule has 0 aromatic rings. The second kappa shape index (κ2) is 4.97. The van der Waals surface area contributed by atoms with E-state index in [9.17, 15) is 0 Å². The van der Waals surface area contributed by atoms with Crippen LogP contribution < -0.4 is 0 Å². The van der Waals surface area contributed by atoms with Gasteiger partial charge in [-0.15, -0.1) is 0 Å². The first-order valence-electron chi connectivity index (χ1n) is 7.29. The summed E-state index contributed by atoms with van der Waals surface area (Å²) in [4.78, 5) is 0. The fourth-order valence-corrected chi connectivity index (χ4v) is 3.84. The average molecular weight is 252 g/mol. The van der Waals surface area contributed by atoms with Gasteiger partial charge in [0.2, 0.25) is 0 Å². The van der Waals surface area contributed by atoms with Crippen molar-refractivity contribution in [3.8, 4) is 0 Å². The van der Waals surface area contributed by atoms with E-state index in [0.29, 0.717) is 23.9 Å². The minimum absolute atomic E-state index is 0.0434. The maximum absolute atomic E-state index is 6.21. The maximum atomic E-state index is 6.21. The average Bonchev–Trinajstić information content (AvgIpc) is 2.11. The van der Waals surface area contributed by atoms with Crippen LogP contribution >= 0.6 is 0 Å². The highest BCUT2D eigenvalue weighted by Crippen LogP contribution is 2.41. The molecular weight excluding hydrogens is 224 g/mol. The highest BCUT2D eigenvalue weighted by molar-refractivity contribution is 5.09. The Labute approximate surface area is 112 Å². The molecular formula is C16H28O2. The van der Waals surface area contributed by atoms with Crippen molar-refractivity contribution >= 4 is 0 Å². The zero-order chi connectivity index (χ0) is 13.5. The van der Waals surface area contributed by atoms with Gasteiger partial charge in [-0.05, 0) is 46.0 Å². The van der Waals surface area contributed by atoms with E-state index in [4.69, 9.17) is 9.47 Å². The Hall–Kier alpha value is -0.340. The highest BCUT2D eigenvalue weighted by Gasteiger charge is 2.42. The fourth-order valence-electron chi connectivity index (χ4n) is 3.84. The Balaban J connectivity index is 2.15. The summed E-state index contributed by atoms with van der Waals surface area (Å²) in [5.74, 6) is 1.66. The molecule has 1 aliphatic heterocycles. The highest BCUT2D eigenvalue weighted by atomic mass is 16.7. The molecule has 5 atom stereocenters. The standard InChI is InChI=1S/C16H28O2/c1-10-7-11(2)14(12(3)8-10)15-17-13(4)9-16(5,6)18-15/h7,11-15H,8-9H2,1-6H3/t11-,12-,13+,14-,15+/m0/s1. The van der Waals surface area contributed by atoms with Crippen LogP contribution in [0.5, 0.6) is 0 Å².